The topological polar surface area (TPSA) is 59.4 Å². The van der Waals surface area contributed by atoms with Crippen LogP contribution in [0.3, 0.4) is 0 Å². The van der Waals surface area contributed by atoms with Crippen molar-refractivity contribution in [1.29, 1.82) is 0 Å². The van der Waals surface area contributed by atoms with Crippen LogP contribution in [0, 0.1) is 0 Å². The number of carbonyl (C=O) groups is 1. The zero-order chi connectivity index (χ0) is 15.1. The number of hydrogen-bond donors (Lipinski definition) is 1. The molecule has 1 unspecified atom stereocenters. The Balaban J connectivity index is 1.75. The molecule has 0 radical (unpaired) electrons. The van der Waals surface area contributed by atoms with E-state index < -0.39 is 6.10 Å². The summed E-state index contributed by atoms with van der Waals surface area (Å²) in [4.78, 5) is 15.3. The number of thioether (sulfide) groups is 1. The van der Waals surface area contributed by atoms with Crippen molar-refractivity contribution in [3.8, 4) is 5.75 Å². The molecule has 0 aliphatic heterocycles. The molecule has 0 spiro atoms. The van der Waals surface area contributed by atoms with E-state index in [1.165, 1.54) is 18.7 Å². The minimum absolute atomic E-state index is 0.0216. The van der Waals surface area contributed by atoms with Crippen LogP contribution in [0.1, 0.15) is 17.3 Å². The minimum atomic E-state index is -0.579. The Bertz CT molecular complexity index is 572. The molecule has 1 aromatic heterocycles. The molecule has 5 heteroatoms. The van der Waals surface area contributed by atoms with E-state index >= 15 is 0 Å². The number of benzene rings is 1. The van der Waals surface area contributed by atoms with E-state index in [-0.39, 0.29) is 12.4 Å². The van der Waals surface area contributed by atoms with Gasteiger partial charge in [-0.15, -0.1) is 11.8 Å². The molecule has 4 nitrogen and oxygen atoms in total. The largest absolute Gasteiger partial charge is 0.491 e. The van der Waals surface area contributed by atoms with Gasteiger partial charge >= 0.3 is 0 Å². The third kappa shape index (κ3) is 5.21. The maximum Gasteiger partial charge on any atom is 0.159 e. The second kappa shape index (κ2) is 7.81. The molecule has 0 saturated carbocycles. The lowest BCUT2D eigenvalue weighted by atomic mass is 10.1. The minimum Gasteiger partial charge on any atom is -0.491 e. The van der Waals surface area contributed by atoms with Gasteiger partial charge in [0.2, 0.25) is 0 Å². The molecule has 0 fully saturated rings. The first-order chi connectivity index (χ1) is 10.1. The molecule has 0 aliphatic rings. The summed E-state index contributed by atoms with van der Waals surface area (Å²) in [5, 5.41) is 10.8. The molecule has 1 N–H and O–H groups in total. The van der Waals surface area contributed by atoms with Gasteiger partial charge in [0, 0.05) is 17.5 Å². The van der Waals surface area contributed by atoms with Gasteiger partial charge in [0.1, 0.15) is 12.4 Å². The van der Waals surface area contributed by atoms with Crippen LogP contribution in [0.15, 0.2) is 53.7 Å². The molecule has 1 heterocycles. The number of rotatable bonds is 7. The Morgan fingerprint density at radius 3 is 2.67 bits per heavy atom. The van der Waals surface area contributed by atoms with E-state index in [9.17, 15) is 9.90 Å². The van der Waals surface area contributed by atoms with Crippen LogP contribution < -0.4 is 4.74 Å². The monoisotopic (exact) mass is 303 g/mol. The number of pyridine rings is 1. The van der Waals surface area contributed by atoms with Crippen molar-refractivity contribution < 1.29 is 14.6 Å². The zero-order valence-corrected chi connectivity index (χ0v) is 12.5. The van der Waals surface area contributed by atoms with Crippen molar-refractivity contribution in [3.63, 3.8) is 0 Å². The fourth-order valence-corrected chi connectivity index (χ4v) is 2.41. The number of aromatic nitrogens is 1. The van der Waals surface area contributed by atoms with Crippen molar-refractivity contribution in [2.75, 3.05) is 12.4 Å². The highest BCUT2D eigenvalue weighted by Gasteiger charge is 2.07. The standard InChI is InChI=1S/C16H17NO3S/c1-12(18)13-5-7-15(8-6-13)20-10-14(19)11-21-16-4-2-3-9-17-16/h2-9,14,19H,10-11H2,1H3. The number of Topliss-reactive ketones (excluding diaryl/α,β-unsaturated/α-hetero) is 1. The van der Waals surface area contributed by atoms with E-state index in [1.54, 1.807) is 30.5 Å². The summed E-state index contributed by atoms with van der Waals surface area (Å²) in [6.07, 6.45) is 1.14. The SMILES string of the molecule is CC(=O)c1ccc(OCC(O)CSc2ccccn2)cc1. The quantitative estimate of drug-likeness (QED) is 0.629. The molecule has 1 aromatic carbocycles. The summed E-state index contributed by atoms with van der Waals surface area (Å²) in [7, 11) is 0. The number of ether oxygens (including phenoxy) is 1. The first-order valence-corrected chi connectivity index (χ1v) is 7.59. The smallest absolute Gasteiger partial charge is 0.159 e. The highest BCUT2D eigenvalue weighted by atomic mass is 32.2. The molecule has 0 aliphatic carbocycles. The van der Waals surface area contributed by atoms with Gasteiger partial charge in [-0.05, 0) is 43.3 Å². The Kier molecular flexibility index (Phi) is 5.78. The Morgan fingerprint density at radius 2 is 2.05 bits per heavy atom. The normalized spacial score (nSPS) is 11.9. The lowest BCUT2D eigenvalue weighted by Crippen LogP contribution is -2.20. The lowest BCUT2D eigenvalue weighted by molar-refractivity contribution is 0.101. The molecule has 1 atom stereocenters. The fraction of sp³-hybridized carbons (Fsp3) is 0.250. The van der Waals surface area contributed by atoms with Gasteiger partial charge in [-0.2, -0.15) is 0 Å². The maximum atomic E-state index is 11.2. The predicted octanol–water partition coefficient (Wildman–Crippen LogP) is 2.82. The summed E-state index contributed by atoms with van der Waals surface area (Å²) in [5.74, 6) is 1.18. The van der Waals surface area contributed by atoms with Crippen LogP contribution in [0.5, 0.6) is 5.75 Å². The summed E-state index contributed by atoms with van der Waals surface area (Å²) >= 11 is 1.48. The second-order valence-electron chi connectivity index (χ2n) is 4.52. The van der Waals surface area contributed by atoms with Crippen LogP contribution in [-0.2, 0) is 0 Å². The highest BCUT2D eigenvalue weighted by molar-refractivity contribution is 7.99. The van der Waals surface area contributed by atoms with Crippen molar-refractivity contribution in [2.24, 2.45) is 0 Å². The van der Waals surface area contributed by atoms with Crippen molar-refractivity contribution in [2.45, 2.75) is 18.1 Å². The van der Waals surface area contributed by atoms with Crippen molar-refractivity contribution in [1.82, 2.24) is 4.98 Å². The average Bonchev–Trinajstić information content (AvgIpc) is 2.52. The van der Waals surface area contributed by atoms with Gasteiger partial charge < -0.3 is 9.84 Å². The van der Waals surface area contributed by atoms with Crippen LogP contribution in [0.25, 0.3) is 0 Å². The van der Waals surface area contributed by atoms with E-state index in [2.05, 4.69) is 4.98 Å². The highest BCUT2D eigenvalue weighted by Crippen LogP contribution is 2.17. The fourth-order valence-electron chi connectivity index (χ4n) is 1.64. The number of aliphatic hydroxyl groups excluding tert-OH is 1. The zero-order valence-electron chi connectivity index (χ0n) is 11.7. The first kappa shape index (κ1) is 15.5. The van der Waals surface area contributed by atoms with E-state index in [1.807, 2.05) is 18.2 Å². The summed E-state index contributed by atoms with van der Waals surface area (Å²) in [6.45, 7) is 1.73. The second-order valence-corrected chi connectivity index (χ2v) is 5.56. The molecule has 0 saturated heterocycles. The summed E-state index contributed by atoms with van der Waals surface area (Å²) in [6, 6.07) is 12.6. The van der Waals surface area contributed by atoms with Gasteiger partial charge in [-0.1, -0.05) is 6.07 Å². The van der Waals surface area contributed by atoms with E-state index in [0.29, 0.717) is 17.1 Å². The van der Waals surface area contributed by atoms with E-state index in [0.717, 1.165) is 5.03 Å². The number of hydrogen-bond acceptors (Lipinski definition) is 5. The van der Waals surface area contributed by atoms with Crippen molar-refractivity contribution in [3.05, 3.63) is 54.2 Å². The van der Waals surface area contributed by atoms with Crippen LogP contribution in [-0.4, -0.2) is 34.3 Å². The van der Waals surface area contributed by atoms with Crippen LogP contribution >= 0.6 is 11.8 Å². The molecule has 0 bridgehead atoms. The molecule has 2 rings (SSSR count). The Hall–Kier alpha value is -1.85. The van der Waals surface area contributed by atoms with Gasteiger partial charge in [0.25, 0.3) is 0 Å². The molecular formula is C16H17NO3S. The molecule has 0 amide bonds. The summed E-state index contributed by atoms with van der Waals surface area (Å²) < 4.78 is 5.50. The molecule has 110 valence electrons. The summed E-state index contributed by atoms with van der Waals surface area (Å²) in [5.41, 5.74) is 0.647. The molecule has 21 heavy (non-hydrogen) atoms. The third-order valence-electron chi connectivity index (χ3n) is 2.76. The Labute approximate surface area is 128 Å². The van der Waals surface area contributed by atoms with Crippen LogP contribution in [0.4, 0.5) is 0 Å². The number of aliphatic hydroxyl groups is 1. The molecule has 2 aromatic rings. The number of ketones is 1. The van der Waals surface area contributed by atoms with Gasteiger partial charge in [-0.25, -0.2) is 4.98 Å². The number of carbonyl (C=O) groups excluding carboxylic acids is 1. The van der Waals surface area contributed by atoms with E-state index in [4.69, 9.17) is 4.74 Å². The predicted molar refractivity (Wildman–Crippen MR) is 82.9 cm³/mol. The van der Waals surface area contributed by atoms with Crippen LogP contribution in [0.2, 0.25) is 0 Å². The van der Waals surface area contributed by atoms with Crippen molar-refractivity contribution >= 4 is 17.5 Å². The Morgan fingerprint density at radius 1 is 1.29 bits per heavy atom. The van der Waals surface area contributed by atoms with Gasteiger partial charge in [0.15, 0.2) is 5.78 Å². The van der Waals surface area contributed by atoms with Gasteiger partial charge in [0.05, 0.1) is 11.1 Å². The lowest BCUT2D eigenvalue weighted by Gasteiger charge is -2.12. The number of nitrogens with zero attached hydrogens (tertiary/aromatic N) is 1. The van der Waals surface area contributed by atoms with Gasteiger partial charge in [-0.3, -0.25) is 4.79 Å². The first-order valence-electron chi connectivity index (χ1n) is 6.61. The third-order valence-corrected chi connectivity index (χ3v) is 3.85. The average molecular weight is 303 g/mol. The maximum absolute atomic E-state index is 11.2. The molecular weight excluding hydrogens is 286 g/mol.